The van der Waals surface area contributed by atoms with Crippen LogP contribution in [0.2, 0.25) is 0 Å². The number of halogens is 4. The maximum Gasteiger partial charge on any atom is 0.337 e. The molecular weight excluding hydrogens is 635 g/mol. The third-order valence-corrected chi connectivity index (χ3v) is 17.9. The highest BCUT2D eigenvalue weighted by Gasteiger charge is 2.71. The summed E-state index contributed by atoms with van der Waals surface area (Å²) in [7, 11) is -2.57. The molecule has 0 heterocycles. The normalized spacial score (nSPS) is 12.6. The number of carboxylic acid groups (broad SMARTS) is 1. The third-order valence-electron chi connectivity index (χ3n) is 4.50. The maximum absolute atomic E-state index is 12.3. The smallest absolute Gasteiger partial charge is 0.337 e. The highest BCUT2D eigenvalue weighted by atomic mass is 79.9. The summed E-state index contributed by atoms with van der Waals surface area (Å²) < 4.78 is -2.57. The van der Waals surface area contributed by atoms with Gasteiger partial charge in [-0.2, -0.15) is 0 Å². The molecule has 0 amide bonds. The molecule has 0 atom stereocenters. The molecule has 0 aromatic heterocycles. The second kappa shape index (κ2) is 8.69. The molecule has 0 unspecified atom stereocenters. The molecule has 0 saturated carbocycles. The number of aliphatic carboxylic acids is 1. The standard InChI is InChI=1S/C21H15Br4O2P/c22-20(23,19(26)27)21(24,25)28(16-10-4-1-5-11-16,17-12-6-2-7-13-17)18-14-8-3-9-15-18/h1-15H/p+1. The molecule has 3 aromatic carbocycles. The molecule has 0 aliphatic rings. The Morgan fingerprint density at radius 1 is 0.643 bits per heavy atom. The van der Waals surface area contributed by atoms with Crippen molar-refractivity contribution in [2.24, 2.45) is 0 Å². The molecule has 1 N–H and O–H groups in total. The topological polar surface area (TPSA) is 37.3 Å². The fourth-order valence-corrected chi connectivity index (χ4v) is 13.1. The highest BCUT2D eigenvalue weighted by Crippen LogP contribution is 2.77. The van der Waals surface area contributed by atoms with Crippen LogP contribution in [0.5, 0.6) is 0 Å². The first-order valence-electron chi connectivity index (χ1n) is 8.31. The molecule has 0 saturated heterocycles. The molecule has 3 rings (SSSR count). The lowest BCUT2D eigenvalue weighted by Gasteiger charge is -2.41. The Morgan fingerprint density at radius 2 is 0.929 bits per heavy atom. The Labute approximate surface area is 198 Å². The molecule has 0 spiro atoms. The van der Waals surface area contributed by atoms with Crippen LogP contribution < -0.4 is 15.9 Å². The van der Waals surface area contributed by atoms with Crippen molar-refractivity contribution in [3.63, 3.8) is 0 Å². The summed E-state index contributed by atoms with van der Waals surface area (Å²) >= 11 is 14.6. The summed E-state index contributed by atoms with van der Waals surface area (Å²) in [6.45, 7) is 0. The lowest BCUT2D eigenvalue weighted by atomic mass is 10.3. The van der Waals surface area contributed by atoms with Crippen LogP contribution in [-0.2, 0) is 4.79 Å². The third kappa shape index (κ3) is 3.56. The van der Waals surface area contributed by atoms with Gasteiger partial charge in [-0.05, 0) is 68.3 Å². The molecule has 0 fully saturated rings. The molecule has 2 nitrogen and oxygen atoms in total. The van der Waals surface area contributed by atoms with E-state index >= 15 is 0 Å². The zero-order valence-electron chi connectivity index (χ0n) is 14.5. The van der Waals surface area contributed by atoms with E-state index in [4.69, 9.17) is 0 Å². The molecule has 0 bridgehead atoms. The van der Waals surface area contributed by atoms with Crippen LogP contribution in [0.3, 0.4) is 0 Å². The molecule has 0 aliphatic heterocycles. The zero-order valence-corrected chi connectivity index (χ0v) is 21.7. The second-order valence-corrected chi connectivity index (χ2v) is 17.8. The maximum atomic E-state index is 12.3. The molecule has 0 radical (unpaired) electrons. The molecule has 0 aliphatic carbocycles. The molecule has 144 valence electrons. The summed E-state index contributed by atoms with van der Waals surface area (Å²) in [5.74, 6) is -1.03. The van der Waals surface area contributed by atoms with E-state index in [1.54, 1.807) is 0 Å². The van der Waals surface area contributed by atoms with E-state index in [1.807, 2.05) is 54.6 Å². The minimum Gasteiger partial charge on any atom is -0.479 e. The van der Waals surface area contributed by atoms with Gasteiger partial charge >= 0.3 is 5.97 Å². The zero-order chi connectivity index (χ0) is 20.4. The minimum absolute atomic E-state index is 1.03. The van der Waals surface area contributed by atoms with Crippen LogP contribution in [0.25, 0.3) is 0 Å². The lowest BCUT2D eigenvalue weighted by molar-refractivity contribution is -0.136. The minimum atomic E-state index is -2.57. The van der Waals surface area contributed by atoms with Crippen molar-refractivity contribution in [2.45, 2.75) is 6.21 Å². The Morgan fingerprint density at radius 3 is 1.18 bits per heavy atom. The quantitative estimate of drug-likeness (QED) is 0.263. The monoisotopic (exact) mass is 647 g/mol. The molecule has 3 aromatic rings. The average Bonchev–Trinajstić information content (AvgIpc) is 2.70. The lowest BCUT2D eigenvalue weighted by Crippen LogP contribution is -2.52. The van der Waals surface area contributed by atoms with E-state index in [9.17, 15) is 9.90 Å². The van der Waals surface area contributed by atoms with E-state index in [-0.39, 0.29) is 0 Å². The van der Waals surface area contributed by atoms with Gasteiger partial charge in [-0.25, -0.2) is 4.79 Å². The van der Waals surface area contributed by atoms with Gasteiger partial charge in [0.2, 0.25) is 6.21 Å². The summed E-state index contributed by atoms with van der Waals surface area (Å²) in [5.41, 5.74) is 0. The number of benzene rings is 3. The van der Waals surface area contributed by atoms with E-state index < -0.39 is 19.4 Å². The number of carbonyl (C=O) groups is 1. The number of rotatable bonds is 6. The van der Waals surface area contributed by atoms with Gasteiger partial charge in [0, 0.05) is 0 Å². The Kier molecular flexibility index (Phi) is 6.88. The van der Waals surface area contributed by atoms with Crippen LogP contribution >= 0.6 is 71.0 Å². The summed E-state index contributed by atoms with van der Waals surface area (Å²) in [6, 6.07) is 30.1. The predicted octanol–water partition coefficient (Wildman–Crippen LogP) is 5.99. The Balaban J connectivity index is 2.50. The van der Waals surface area contributed by atoms with Crippen molar-refractivity contribution in [3.05, 3.63) is 91.0 Å². The van der Waals surface area contributed by atoms with Crippen molar-refractivity contribution in [1.82, 2.24) is 0 Å². The first-order valence-corrected chi connectivity index (χ1v) is 13.3. The van der Waals surface area contributed by atoms with E-state index in [0.29, 0.717) is 0 Å². The largest absolute Gasteiger partial charge is 0.479 e. The average molecular weight is 651 g/mol. The summed E-state index contributed by atoms with van der Waals surface area (Å²) in [6.07, 6.45) is 0. The second-order valence-electron chi connectivity index (χ2n) is 6.10. The van der Waals surface area contributed by atoms with Crippen molar-refractivity contribution >= 4 is 92.9 Å². The van der Waals surface area contributed by atoms with E-state index in [0.717, 1.165) is 15.9 Å². The first kappa shape index (κ1) is 22.2. The molecule has 28 heavy (non-hydrogen) atoms. The van der Waals surface area contributed by atoms with Gasteiger partial charge in [-0.15, -0.1) is 0 Å². The fourth-order valence-electron chi connectivity index (χ4n) is 3.23. The van der Waals surface area contributed by atoms with Crippen LogP contribution in [0.4, 0.5) is 0 Å². The van der Waals surface area contributed by atoms with E-state index in [2.05, 4.69) is 100 Å². The highest BCUT2D eigenvalue weighted by molar-refractivity contribution is 9.32. The van der Waals surface area contributed by atoms with Crippen LogP contribution in [0.15, 0.2) is 91.0 Å². The van der Waals surface area contributed by atoms with Gasteiger partial charge < -0.3 is 5.11 Å². The Bertz CT molecular complexity index is 851. The summed E-state index contributed by atoms with van der Waals surface area (Å²) in [5, 5.41) is 13.2. The van der Waals surface area contributed by atoms with Gasteiger partial charge in [0.05, 0.1) is 0 Å². The number of hydrogen-bond acceptors (Lipinski definition) is 1. The van der Waals surface area contributed by atoms with Gasteiger partial charge in [0.1, 0.15) is 23.2 Å². The van der Waals surface area contributed by atoms with Crippen molar-refractivity contribution in [2.75, 3.05) is 0 Å². The van der Waals surface area contributed by atoms with Crippen LogP contribution in [-0.4, -0.2) is 17.3 Å². The molecular formula is C21H16Br4O2P+. The van der Waals surface area contributed by atoms with Crippen molar-refractivity contribution < 1.29 is 9.90 Å². The Hall–Kier alpha value is -0.520. The van der Waals surface area contributed by atoms with E-state index in [1.165, 1.54) is 0 Å². The number of hydrogen-bond donors (Lipinski definition) is 1. The predicted molar refractivity (Wildman–Crippen MR) is 134 cm³/mol. The van der Waals surface area contributed by atoms with Crippen molar-refractivity contribution in [1.29, 1.82) is 0 Å². The van der Waals surface area contributed by atoms with Crippen LogP contribution in [0.1, 0.15) is 0 Å². The van der Waals surface area contributed by atoms with Gasteiger partial charge in [0.25, 0.3) is 0 Å². The van der Waals surface area contributed by atoms with Crippen LogP contribution in [0, 0.1) is 0 Å². The number of carboxylic acids is 1. The SMILES string of the molecule is O=C(O)C(Br)(Br)C(Br)(Br)[P+](c1ccccc1)(c1ccccc1)c1ccccc1. The first-order chi connectivity index (χ1) is 13.3. The molecule has 7 heteroatoms. The van der Waals surface area contributed by atoms with Gasteiger partial charge in [-0.3, -0.25) is 0 Å². The van der Waals surface area contributed by atoms with Gasteiger partial charge in [-0.1, -0.05) is 86.5 Å². The summed E-state index contributed by atoms with van der Waals surface area (Å²) in [4.78, 5) is 12.3. The van der Waals surface area contributed by atoms with Crippen molar-refractivity contribution in [3.8, 4) is 0 Å². The number of alkyl halides is 4. The fraction of sp³-hybridized carbons (Fsp3) is 0.0952. The van der Waals surface area contributed by atoms with Gasteiger partial charge in [0.15, 0.2) is 0 Å².